The van der Waals surface area contributed by atoms with E-state index in [1.165, 1.54) is 13.2 Å². The maximum absolute atomic E-state index is 13.5. The third-order valence-electron chi connectivity index (χ3n) is 6.11. The highest BCUT2D eigenvalue weighted by atomic mass is 19.4. The normalized spacial score (nSPS) is 15.9. The van der Waals surface area contributed by atoms with Crippen molar-refractivity contribution in [3.8, 4) is 5.75 Å². The summed E-state index contributed by atoms with van der Waals surface area (Å²) in [4.78, 5) is 27.0. The number of methoxy groups -OCH3 is 1. The van der Waals surface area contributed by atoms with Gasteiger partial charge in [-0.25, -0.2) is 4.79 Å². The monoisotopic (exact) mass is 492 g/mol. The molecule has 0 bridgehead atoms. The van der Waals surface area contributed by atoms with Gasteiger partial charge in [-0.3, -0.25) is 4.79 Å². The molecule has 0 radical (unpaired) electrons. The Kier molecular flexibility index (Phi) is 7.67. The van der Waals surface area contributed by atoms with Crippen LogP contribution in [-0.4, -0.2) is 49.2 Å². The number of nitrogens with zero attached hydrogens (tertiary/aromatic N) is 1. The van der Waals surface area contributed by atoms with Gasteiger partial charge in [-0.1, -0.05) is 30.3 Å². The van der Waals surface area contributed by atoms with Gasteiger partial charge in [0.25, 0.3) is 5.91 Å². The fourth-order valence-electron chi connectivity index (χ4n) is 4.21. The third kappa shape index (κ3) is 6.46. The topological polar surface area (TPSA) is 67.9 Å². The lowest BCUT2D eigenvalue weighted by molar-refractivity contribution is -0.137. The first-order valence-electron chi connectivity index (χ1n) is 11.4. The van der Waals surface area contributed by atoms with Gasteiger partial charge in [-0.05, 0) is 57.4 Å². The number of nitrogens with one attached hydrogen (secondary N) is 1. The number of para-hydroxylation sites is 1. The summed E-state index contributed by atoms with van der Waals surface area (Å²) in [6.45, 7) is 6.00. The van der Waals surface area contributed by atoms with Gasteiger partial charge in [0.2, 0.25) is 0 Å². The van der Waals surface area contributed by atoms with Gasteiger partial charge in [0.15, 0.2) is 0 Å². The fourth-order valence-corrected chi connectivity index (χ4v) is 4.21. The van der Waals surface area contributed by atoms with Gasteiger partial charge in [0.05, 0.1) is 18.2 Å². The minimum atomic E-state index is -4.49. The molecule has 190 valence electrons. The number of hydrogen-bond acceptors (Lipinski definition) is 4. The molecule has 1 heterocycles. The molecule has 2 aromatic carbocycles. The zero-order valence-electron chi connectivity index (χ0n) is 20.4. The first-order chi connectivity index (χ1) is 16.3. The Morgan fingerprint density at radius 3 is 2.29 bits per heavy atom. The molecule has 3 rings (SSSR count). The molecule has 0 aliphatic carbocycles. The van der Waals surface area contributed by atoms with Crippen LogP contribution in [0.2, 0.25) is 0 Å². The molecular formula is C26H31F3N2O4. The van der Waals surface area contributed by atoms with Crippen LogP contribution in [0.3, 0.4) is 0 Å². The van der Waals surface area contributed by atoms with Crippen molar-refractivity contribution in [2.24, 2.45) is 0 Å². The standard InChI is InChI=1S/C26H31F3N2O4/c1-24(2,3)35-23(33)31-14-12-25(13-15-31,18-8-7-9-19(16-18)26(27,28)29)17-30-22(32)20-10-5-6-11-21(20)34-4/h5-11,16H,12-15,17H2,1-4H3,(H,30,32). The van der Waals surface area contributed by atoms with Gasteiger partial charge in [-0.15, -0.1) is 0 Å². The molecule has 1 fully saturated rings. The Morgan fingerprint density at radius 1 is 1.03 bits per heavy atom. The summed E-state index contributed by atoms with van der Waals surface area (Å²) in [7, 11) is 1.46. The minimum absolute atomic E-state index is 0.105. The van der Waals surface area contributed by atoms with Gasteiger partial charge in [0.1, 0.15) is 11.4 Å². The van der Waals surface area contributed by atoms with E-state index < -0.39 is 28.8 Å². The van der Waals surface area contributed by atoms with E-state index in [1.54, 1.807) is 56.0 Å². The van der Waals surface area contributed by atoms with Crippen LogP contribution in [0.1, 0.15) is 55.1 Å². The van der Waals surface area contributed by atoms with Crippen LogP contribution >= 0.6 is 0 Å². The fraction of sp³-hybridized carbons (Fsp3) is 0.462. The van der Waals surface area contributed by atoms with Gasteiger partial charge >= 0.3 is 12.3 Å². The Bertz CT molecular complexity index is 1060. The van der Waals surface area contributed by atoms with Crippen molar-refractivity contribution in [1.82, 2.24) is 10.2 Å². The number of hydrogen-bond donors (Lipinski definition) is 1. The van der Waals surface area contributed by atoms with E-state index in [1.807, 2.05) is 0 Å². The first-order valence-corrected chi connectivity index (χ1v) is 11.4. The smallest absolute Gasteiger partial charge is 0.416 e. The van der Waals surface area contributed by atoms with E-state index in [0.29, 0.717) is 29.7 Å². The largest absolute Gasteiger partial charge is 0.496 e. The molecule has 0 saturated carbocycles. The molecule has 6 nitrogen and oxygen atoms in total. The molecule has 0 atom stereocenters. The summed E-state index contributed by atoms with van der Waals surface area (Å²) in [6.07, 6.45) is -4.23. The van der Waals surface area contributed by atoms with Crippen LogP contribution in [0.15, 0.2) is 48.5 Å². The Hall–Kier alpha value is -3.23. The molecule has 2 amide bonds. The zero-order valence-corrected chi connectivity index (χ0v) is 20.4. The second kappa shape index (κ2) is 10.2. The van der Waals surface area contributed by atoms with Crippen LogP contribution in [-0.2, 0) is 16.3 Å². The number of likely N-dealkylation sites (tertiary alicyclic amines) is 1. The SMILES string of the molecule is COc1ccccc1C(=O)NCC1(c2cccc(C(F)(F)F)c2)CCN(C(=O)OC(C)(C)C)CC1. The second-order valence-corrected chi connectivity index (χ2v) is 9.71. The maximum atomic E-state index is 13.5. The van der Waals surface area contributed by atoms with E-state index in [4.69, 9.17) is 9.47 Å². The lowest BCUT2D eigenvalue weighted by atomic mass is 9.72. The third-order valence-corrected chi connectivity index (χ3v) is 6.11. The van der Waals surface area contributed by atoms with Crippen molar-refractivity contribution in [1.29, 1.82) is 0 Å². The van der Waals surface area contributed by atoms with Gasteiger partial charge in [0, 0.05) is 25.0 Å². The van der Waals surface area contributed by atoms with E-state index >= 15 is 0 Å². The second-order valence-electron chi connectivity index (χ2n) is 9.71. The Morgan fingerprint density at radius 2 is 1.69 bits per heavy atom. The number of benzene rings is 2. The van der Waals surface area contributed by atoms with Crippen molar-refractivity contribution >= 4 is 12.0 Å². The number of ether oxygens (including phenoxy) is 2. The summed E-state index contributed by atoms with van der Waals surface area (Å²) in [5, 5.41) is 2.89. The molecule has 0 spiro atoms. The summed E-state index contributed by atoms with van der Waals surface area (Å²) >= 11 is 0. The van der Waals surface area contributed by atoms with E-state index in [-0.39, 0.29) is 25.5 Å². The van der Waals surface area contributed by atoms with Gasteiger partial charge in [-0.2, -0.15) is 13.2 Å². The molecule has 0 aromatic heterocycles. The summed E-state index contributed by atoms with van der Waals surface area (Å²) in [6, 6.07) is 11.9. The number of alkyl halides is 3. The zero-order chi connectivity index (χ0) is 25.9. The van der Waals surface area contributed by atoms with Crippen LogP contribution in [0.4, 0.5) is 18.0 Å². The molecule has 0 unspecified atom stereocenters. The van der Waals surface area contributed by atoms with Crippen molar-refractivity contribution in [2.45, 2.75) is 50.8 Å². The summed E-state index contributed by atoms with van der Waals surface area (Å²) in [5.41, 5.74) is -1.40. The summed E-state index contributed by atoms with van der Waals surface area (Å²) < 4.78 is 51.1. The summed E-state index contributed by atoms with van der Waals surface area (Å²) in [5.74, 6) is 0.0150. The van der Waals surface area contributed by atoms with Crippen LogP contribution in [0.5, 0.6) is 5.75 Å². The number of carbonyl (C=O) groups excluding carboxylic acids is 2. The number of halogens is 3. The number of rotatable bonds is 5. The molecule has 2 aromatic rings. The highest BCUT2D eigenvalue weighted by molar-refractivity contribution is 5.97. The van der Waals surface area contributed by atoms with E-state index in [0.717, 1.165) is 12.1 Å². The Labute approximate surface area is 203 Å². The van der Waals surface area contributed by atoms with Crippen LogP contribution in [0, 0.1) is 0 Å². The van der Waals surface area contributed by atoms with Crippen molar-refractivity contribution in [3.05, 3.63) is 65.2 Å². The quantitative estimate of drug-likeness (QED) is 0.606. The first kappa shape index (κ1) is 26.4. The number of amides is 2. The van der Waals surface area contributed by atoms with Crippen LogP contribution in [0.25, 0.3) is 0 Å². The molecule has 1 aliphatic heterocycles. The lowest BCUT2D eigenvalue weighted by Gasteiger charge is -2.42. The van der Waals surface area contributed by atoms with Crippen molar-refractivity contribution in [3.63, 3.8) is 0 Å². The minimum Gasteiger partial charge on any atom is -0.496 e. The molecule has 1 saturated heterocycles. The molecule has 35 heavy (non-hydrogen) atoms. The number of carbonyl (C=O) groups is 2. The predicted molar refractivity (Wildman–Crippen MR) is 125 cm³/mol. The highest BCUT2D eigenvalue weighted by Gasteiger charge is 2.40. The molecule has 1 N–H and O–H groups in total. The predicted octanol–water partition coefficient (Wildman–Crippen LogP) is 5.41. The van der Waals surface area contributed by atoms with Crippen molar-refractivity contribution in [2.75, 3.05) is 26.7 Å². The maximum Gasteiger partial charge on any atom is 0.416 e. The average Bonchev–Trinajstić information content (AvgIpc) is 2.81. The average molecular weight is 493 g/mol. The van der Waals surface area contributed by atoms with Crippen molar-refractivity contribution < 1.29 is 32.2 Å². The lowest BCUT2D eigenvalue weighted by Crippen LogP contribution is -2.51. The molecule has 1 aliphatic rings. The van der Waals surface area contributed by atoms with Gasteiger partial charge < -0.3 is 19.7 Å². The molecular weight excluding hydrogens is 461 g/mol. The van der Waals surface area contributed by atoms with E-state index in [2.05, 4.69) is 5.32 Å². The number of piperidine rings is 1. The van der Waals surface area contributed by atoms with E-state index in [9.17, 15) is 22.8 Å². The Balaban J connectivity index is 1.86. The molecule has 9 heteroatoms. The van der Waals surface area contributed by atoms with Crippen LogP contribution < -0.4 is 10.1 Å². The highest BCUT2D eigenvalue weighted by Crippen LogP contribution is 2.39.